The molecule has 0 atom stereocenters. The molecular formula is C11H22O5Si. The van der Waals surface area contributed by atoms with E-state index in [1.54, 1.807) is 5.70 Å². The average molecular weight is 262 g/mol. The summed E-state index contributed by atoms with van der Waals surface area (Å²) >= 11 is 0. The fourth-order valence-electron chi connectivity index (χ4n) is 1.31. The van der Waals surface area contributed by atoms with E-state index in [9.17, 15) is 0 Å². The van der Waals surface area contributed by atoms with Crippen LogP contribution in [0, 0.1) is 0 Å². The third kappa shape index (κ3) is 6.92. The summed E-state index contributed by atoms with van der Waals surface area (Å²) in [7, 11) is -2.24. The Balaban J connectivity index is 2.32. The molecule has 0 unspecified atom stereocenters. The first-order chi connectivity index (χ1) is 8.27. The van der Waals surface area contributed by atoms with Gasteiger partial charge >= 0.3 is 8.56 Å². The van der Waals surface area contributed by atoms with Crippen molar-refractivity contribution in [1.29, 1.82) is 0 Å². The second kappa shape index (κ2) is 8.79. The molecule has 0 bridgehead atoms. The van der Waals surface area contributed by atoms with Gasteiger partial charge in [-0.05, 0) is 12.2 Å². The molecule has 1 saturated heterocycles. The van der Waals surface area contributed by atoms with Crippen LogP contribution in [-0.4, -0.2) is 61.4 Å². The van der Waals surface area contributed by atoms with E-state index in [0.717, 1.165) is 0 Å². The molecule has 1 heterocycles. The van der Waals surface area contributed by atoms with Crippen molar-refractivity contribution in [3.8, 4) is 0 Å². The molecule has 5 nitrogen and oxygen atoms in total. The first-order valence-corrected chi connectivity index (χ1v) is 8.31. The SMILES string of the molecule is C=C[Si]1(C)OCCOCCOCCOCCO1. The molecule has 17 heavy (non-hydrogen) atoms. The molecule has 0 spiro atoms. The molecule has 0 aliphatic carbocycles. The van der Waals surface area contributed by atoms with Crippen molar-refractivity contribution in [2.45, 2.75) is 6.55 Å². The third-order valence-corrected chi connectivity index (χ3v) is 4.64. The van der Waals surface area contributed by atoms with Gasteiger partial charge in [-0.25, -0.2) is 0 Å². The van der Waals surface area contributed by atoms with E-state index in [2.05, 4.69) is 6.58 Å². The largest absolute Gasteiger partial charge is 0.389 e. The Labute approximate surface area is 104 Å². The monoisotopic (exact) mass is 262 g/mol. The number of hydrogen-bond donors (Lipinski definition) is 0. The van der Waals surface area contributed by atoms with Crippen LogP contribution in [0.15, 0.2) is 12.3 Å². The summed E-state index contributed by atoms with van der Waals surface area (Å²) in [6, 6.07) is 0. The van der Waals surface area contributed by atoms with E-state index in [1.165, 1.54) is 0 Å². The number of rotatable bonds is 1. The molecule has 1 rings (SSSR count). The van der Waals surface area contributed by atoms with Crippen LogP contribution in [-0.2, 0) is 23.1 Å². The van der Waals surface area contributed by atoms with E-state index < -0.39 is 8.56 Å². The summed E-state index contributed by atoms with van der Waals surface area (Å²) in [6.45, 7) is 10.2. The van der Waals surface area contributed by atoms with E-state index in [4.69, 9.17) is 23.1 Å². The maximum atomic E-state index is 5.70. The Morgan fingerprint density at radius 3 is 1.47 bits per heavy atom. The Kier molecular flexibility index (Phi) is 7.66. The van der Waals surface area contributed by atoms with Gasteiger partial charge in [-0.1, -0.05) is 0 Å². The first kappa shape index (κ1) is 14.8. The van der Waals surface area contributed by atoms with Gasteiger partial charge in [-0.2, -0.15) is 0 Å². The molecule has 0 aromatic rings. The molecule has 1 aliphatic rings. The number of hydrogen-bond acceptors (Lipinski definition) is 5. The summed E-state index contributed by atoms with van der Waals surface area (Å²) < 4.78 is 27.4. The van der Waals surface area contributed by atoms with Crippen LogP contribution >= 0.6 is 0 Å². The van der Waals surface area contributed by atoms with Gasteiger partial charge in [0.1, 0.15) is 0 Å². The lowest BCUT2D eigenvalue weighted by Crippen LogP contribution is -2.39. The Hall–Kier alpha value is -0.243. The summed E-state index contributed by atoms with van der Waals surface area (Å²) in [6.07, 6.45) is 0. The standard InChI is InChI=1S/C11H22O5Si/c1-3-17(2)15-10-8-13-6-4-12-5-7-14-9-11-16-17/h3H,1,4-11H2,2H3. The minimum Gasteiger partial charge on any atom is -0.389 e. The van der Waals surface area contributed by atoms with Crippen molar-refractivity contribution in [3.63, 3.8) is 0 Å². The van der Waals surface area contributed by atoms with Crippen LogP contribution < -0.4 is 0 Å². The fraction of sp³-hybridized carbons (Fsp3) is 0.818. The predicted molar refractivity (Wildman–Crippen MR) is 66.2 cm³/mol. The molecule has 0 amide bonds. The highest BCUT2D eigenvalue weighted by molar-refractivity contribution is 6.71. The highest BCUT2D eigenvalue weighted by atomic mass is 28.4. The summed E-state index contributed by atoms with van der Waals surface area (Å²) in [5.41, 5.74) is 1.78. The van der Waals surface area contributed by atoms with Gasteiger partial charge < -0.3 is 23.1 Å². The number of ether oxygens (including phenoxy) is 3. The summed E-state index contributed by atoms with van der Waals surface area (Å²) in [4.78, 5) is 0. The van der Waals surface area contributed by atoms with E-state index in [-0.39, 0.29) is 0 Å². The van der Waals surface area contributed by atoms with Crippen molar-refractivity contribution in [1.82, 2.24) is 0 Å². The highest BCUT2D eigenvalue weighted by Crippen LogP contribution is 2.08. The van der Waals surface area contributed by atoms with Crippen molar-refractivity contribution in [2.24, 2.45) is 0 Å². The second-order valence-corrected chi connectivity index (χ2v) is 6.77. The normalized spacial score (nSPS) is 24.8. The van der Waals surface area contributed by atoms with Crippen LogP contribution in [0.5, 0.6) is 0 Å². The Bertz CT molecular complexity index is 198. The van der Waals surface area contributed by atoms with Crippen LogP contribution in [0.25, 0.3) is 0 Å². The van der Waals surface area contributed by atoms with Gasteiger partial charge in [0.2, 0.25) is 0 Å². The van der Waals surface area contributed by atoms with Gasteiger partial charge in [-0.15, -0.1) is 6.58 Å². The van der Waals surface area contributed by atoms with Crippen LogP contribution in [0.1, 0.15) is 0 Å². The summed E-state index contributed by atoms with van der Waals surface area (Å²) in [5, 5.41) is 0. The lowest BCUT2D eigenvalue weighted by Gasteiger charge is -2.23. The minimum absolute atomic E-state index is 0.523. The second-order valence-electron chi connectivity index (χ2n) is 3.75. The molecule has 1 fully saturated rings. The lowest BCUT2D eigenvalue weighted by atomic mass is 10.7. The first-order valence-electron chi connectivity index (χ1n) is 5.91. The zero-order chi connectivity index (χ0) is 12.4. The molecule has 1 aliphatic heterocycles. The molecule has 0 radical (unpaired) electrons. The molecule has 100 valence electrons. The minimum atomic E-state index is -2.24. The molecule has 0 aromatic carbocycles. The Morgan fingerprint density at radius 1 is 0.765 bits per heavy atom. The van der Waals surface area contributed by atoms with Gasteiger partial charge in [-0.3, -0.25) is 0 Å². The lowest BCUT2D eigenvalue weighted by molar-refractivity contribution is -0.00629. The zero-order valence-electron chi connectivity index (χ0n) is 10.5. The molecule has 0 aromatic heterocycles. The van der Waals surface area contributed by atoms with E-state index >= 15 is 0 Å². The van der Waals surface area contributed by atoms with Crippen molar-refractivity contribution in [3.05, 3.63) is 12.3 Å². The van der Waals surface area contributed by atoms with Gasteiger partial charge in [0, 0.05) is 0 Å². The highest BCUT2D eigenvalue weighted by Gasteiger charge is 2.27. The smallest absolute Gasteiger partial charge is 0.361 e. The topological polar surface area (TPSA) is 46.2 Å². The predicted octanol–water partition coefficient (Wildman–Crippen LogP) is 0.880. The molecule has 0 saturated carbocycles. The maximum Gasteiger partial charge on any atom is 0.361 e. The van der Waals surface area contributed by atoms with E-state index in [0.29, 0.717) is 52.9 Å². The van der Waals surface area contributed by atoms with E-state index in [1.807, 2.05) is 6.55 Å². The molecule has 0 N–H and O–H groups in total. The third-order valence-electron chi connectivity index (χ3n) is 2.35. The van der Waals surface area contributed by atoms with Crippen molar-refractivity contribution >= 4 is 8.56 Å². The molecule has 6 heteroatoms. The van der Waals surface area contributed by atoms with Crippen LogP contribution in [0.3, 0.4) is 0 Å². The average Bonchev–Trinajstić information content (AvgIpc) is 2.34. The molecular weight excluding hydrogens is 240 g/mol. The maximum absolute atomic E-state index is 5.70. The van der Waals surface area contributed by atoms with Gasteiger partial charge in [0.05, 0.1) is 52.9 Å². The van der Waals surface area contributed by atoms with Crippen molar-refractivity contribution < 1.29 is 23.1 Å². The van der Waals surface area contributed by atoms with Crippen molar-refractivity contribution in [2.75, 3.05) is 52.9 Å². The Morgan fingerprint density at radius 2 is 1.12 bits per heavy atom. The van der Waals surface area contributed by atoms with Crippen LogP contribution in [0.4, 0.5) is 0 Å². The van der Waals surface area contributed by atoms with Gasteiger partial charge in [0.15, 0.2) is 0 Å². The quantitative estimate of drug-likeness (QED) is 0.657. The zero-order valence-corrected chi connectivity index (χ0v) is 11.5. The fourth-order valence-corrected chi connectivity index (χ4v) is 2.60. The van der Waals surface area contributed by atoms with Crippen LogP contribution in [0.2, 0.25) is 6.55 Å². The summed E-state index contributed by atoms with van der Waals surface area (Å²) in [5.74, 6) is 0. The van der Waals surface area contributed by atoms with Gasteiger partial charge in [0.25, 0.3) is 0 Å².